The van der Waals surface area contributed by atoms with E-state index in [9.17, 15) is 9.90 Å². The number of rotatable bonds is 5. The van der Waals surface area contributed by atoms with Crippen LogP contribution < -0.4 is 0 Å². The van der Waals surface area contributed by atoms with Crippen molar-refractivity contribution in [1.29, 1.82) is 0 Å². The molecule has 0 radical (unpaired) electrons. The highest BCUT2D eigenvalue weighted by molar-refractivity contribution is 6.18. The van der Waals surface area contributed by atoms with E-state index in [0.717, 1.165) is 37.5 Å². The van der Waals surface area contributed by atoms with E-state index < -0.39 is 11.5 Å². The zero-order valence-electron chi connectivity index (χ0n) is 17.5. The van der Waals surface area contributed by atoms with E-state index in [1.165, 1.54) is 25.7 Å². The molecule has 5 atom stereocenters. The fourth-order valence-corrected chi connectivity index (χ4v) is 6.47. The zero-order valence-corrected chi connectivity index (χ0v) is 18.3. The molecule has 0 heterocycles. The fourth-order valence-electron chi connectivity index (χ4n) is 6.38. The Bertz CT molecular complexity index is 598. The van der Waals surface area contributed by atoms with Gasteiger partial charge in [-0.1, -0.05) is 38.3 Å². The molecule has 0 saturated heterocycles. The lowest BCUT2D eigenvalue weighted by Gasteiger charge is -2.56. The second kappa shape index (κ2) is 8.06. The number of allylic oxidation sites excluding steroid dienone is 2. The second-order valence-electron chi connectivity index (χ2n) is 10.0. The van der Waals surface area contributed by atoms with Crippen molar-refractivity contribution in [1.82, 2.24) is 0 Å². The average Bonchev–Trinajstić information content (AvgIpc) is 2.65. The van der Waals surface area contributed by atoms with Gasteiger partial charge in [0.15, 0.2) is 0 Å². The average molecular weight is 397 g/mol. The van der Waals surface area contributed by atoms with Gasteiger partial charge in [0.1, 0.15) is 12.7 Å². The highest BCUT2D eigenvalue weighted by Gasteiger charge is 2.56. The van der Waals surface area contributed by atoms with Gasteiger partial charge in [0.2, 0.25) is 0 Å². The smallest absolute Gasteiger partial charge is 0.312 e. The third kappa shape index (κ3) is 3.83. The van der Waals surface area contributed by atoms with E-state index in [0.29, 0.717) is 5.92 Å². The molecule has 0 bridgehead atoms. The number of halogens is 1. The van der Waals surface area contributed by atoms with Crippen molar-refractivity contribution < 1.29 is 14.6 Å². The van der Waals surface area contributed by atoms with Crippen molar-refractivity contribution in [3.05, 3.63) is 11.1 Å². The Morgan fingerprint density at radius 3 is 2.67 bits per heavy atom. The SMILES string of the molecule is CC(C)C1CCC2=C(CCC3C(C)(C(=O)OCC(O)CCl)CCCC23C)C1. The van der Waals surface area contributed by atoms with Crippen LogP contribution in [0.4, 0.5) is 0 Å². The Balaban J connectivity index is 1.82. The van der Waals surface area contributed by atoms with Crippen molar-refractivity contribution in [2.45, 2.75) is 85.2 Å². The monoisotopic (exact) mass is 396 g/mol. The molecule has 27 heavy (non-hydrogen) atoms. The van der Waals surface area contributed by atoms with Gasteiger partial charge in [-0.25, -0.2) is 0 Å². The molecule has 0 aromatic carbocycles. The number of fused-ring (bicyclic) bond motifs is 2. The number of aliphatic hydroxyl groups is 1. The quantitative estimate of drug-likeness (QED) is 0.379. The molecule has 3 rings (SSSR count). The van der Waals surface area contributed by atoms with Crippen molar-refractivity contribution >= 4 is 17.6 Å². The van der Waals surface area contributed by atoms with Gasteiger partial charge < -0.3 is 9.84 Å². The van der Waals surface area contributed by atoms with Gasteiger partial charge in [0.05, 0.1) is 11.3 Å². The standard InChI is InChI=1S/C23H37ClO3/c1-15(2)16-6-8-19-17(12-16)7-9-20-22(19,3)10-5-11-23(20,4)21(26)27-14-18(25)13-24/h15-16,18,20,25H,5-14H2,1-4H3. The molecule has 1 N–H and O–H groups in total. The molecule has 1 fully saturated rings. The minimum absolute atomic E-state index is 0.00533. The first-order chi connectivity index (χ1) is 12.7. The van der Waals surface area contributed by atoms with Crippen LogP contribution in [0.3, 0.4) is 0 Å². The van der Waals surface area contributed by atoms with E-state index >= 15 is 0 Å². The Hall–Kier alpha value is -0.540. The highest BCUT2D eigenvalue weighted by Crippen LogP contribution is 2.62. The van der Waals surface area contributed by atoms with Crippen molar-refractivity contribution in [3.63, 3.8) is 0 Å². The number of alkyl halides is 1. The van der Waals surface area contributed by atoms with Gasteiger partial charge in [-0.05, 0) is 75.0 Å². The summed E-state index contributed by atoms with van der Waals surface area (Å²) >= 11 is 5.65. The third-order valence-electron chi connectivity index (χ3n) is 8.05. The van der Waals surface area contributed by atoms with Crippen molar-refractivity contribution in [3.8, 4) is 0 Å². The van der Waals surface area contributed by atoms with Crippen LogP contribution >= 0.6 is 11.6 Å². The fraction of sp³-hybridized carbons (Fsp3) is 0.870. The first-order valence-corrected chi connectivity index (χ1v) is 11.4. The molecule has 0 aromatic heterocycles. The lowest BCUT2D eigenvalue weighted by atomic mass is 9.48. The van der Waals surface area contributed by atoms with E-state index in [1.807, 2.05) is 0 Å². The van der Waals surface area contributed by atoms with Gasteiger partial charge in [-0.2, -0.15) is 0 Å². The summed E-state index contributed by atoms with van der Waals surface area (Å²) in [7, 11) is 0. The number of carbonyl (C=O) groups excluding carboxylic acids is 1. The normalized spacial score (nSPS) is 37.6. The van der Waals surface area contributed by atoms with E-state index in [4.69, 9.17) is 16.3 Å². The molecule has 3 nitrogen and oxygen atoms in total. The van der Waals surface area contributed by atoms with Crippen molar-refractivity contribution in [2.75, 3.05) is 12.5 Å². The molecule has 0 amide bonds. The van der Waals surface area contributed by atoms with Gasteiger partial charge in [-0.15, -0.1) is 11.6 Å². The first-order valence-electron chi connectivity index (χ1n) is 10.8. The summed E-state index contributed by atoms with van der Waals surface area (Å²) in [5.74, 6) is 1.87. The predicted octanol–water partition coefficient (Wildman–Crippen LogP) is 5.49. The second-order valence-corrected chi connectivity index (χ2v) is 10.3. The molecule has 0 spiro atoms. The topological polar surface area (TPSA) is 46.5 Å². The summed E-state index contributed by atoms with van der Waals surface area (Å²) in [5.41, 5.74) is 3.06. The maximum Gasteiger partial charge on any atom is 0.312 e. The largest absolute Gasteiger partial charge is 0.462 e. The maximum atomic E-state index is 13.0. The van der Waals surface area contributed by atoms with E-state index in [1.54, 1.807) is 11.1 Å². The van der Waals surface area contributed by atoms with Crippen LogP contribution in [-0.4, -0.2) is 29.7 Å². The number of hydrogen-bond donors (Lipinski definition) is 1. The van der Waals surface area contributed by atoms with Gasteiger partial charge in [-0.3, -0.25) is 4.79 Å². The maximum absolute atomic E-state index is 13.0. The molecular weight excluding hydrogens is 360 g/mol. The van der Waals surface area contributed by atoms with Gasteiger partial charge in [0, 0.05) is 0 Å². The molecule has 4 heteroatoms. The molecule has 3 aliphatic carbocycles. The Kier molecular flexibility index (Phi) is 6.33. The number of carbonyl (C=O) groups is 1. The summed E-state index contributed by atoms with van der Waals surface area (Å²) in [6.45, 7) is 9.24. The lowest BCUT2D eigenvalue weighted by molar-refractivity contribution is -0.169. The number of aliphatic hydroxyl groups excluding tert-OH is 1. The van der Waals surface area contributed by atoms with Crippen LogP contribution in [0.2, 0.25) is 0 Å². The zero-order chi connectivity index (χ0) is 19.8. The molecule has 3 aliphatic rings. The number of hydrogen-bond acceptors (Lipinski definition) is 3. The summed E-state index contributed by atoms with van der Waals surface area (Å²) in [4.78, 5) is 13.0. The Morgan fingerprint density at radius 1 is 1.26 bits per heavy atom. The summed E-state index contributed by atoms with van der Waals surface area (Å²) < 4.78 is 5.53. The van der Waals surface area contributed by atoms with Crippen molar-refractivity contribution in [2.24, 2.45) is 28.6 Å². The molecule has 0 aromatic rings. The minimum Gasteiger partial charge on any atom is -0.462 e. The third-order valence-corrected chi connectivity index (χ3v) is 8.41. The molecular formula is C23H37ClO3. The molecule has 5 unspecified atom stereocenters. The van der Waals surface area contributed by atoms with Crippen LogP contribution in [0.1, 0.15) is 79.1 Å². The number of esters is 1. The minimum atomic E-state index is -0.777. The molecule has 1 saturated carbocycles. The summed E-state index contributed by atoms with van der Waals surface area (Å²) in [5, 5.41) is 9.68. The van der Waals surface area contributed by atoms with Crippen LogP contribution in [0.25, 0.3) is 0 Å². The van der Waals surface area contributed by atoms with E-state index in [2.05, 4.69) is 27.7 Å². The van der Waals surface area contributed by atoms with Crippen LogP contribution in [0.5, 0.6) is 0 Å². The summed E-state index contributed by atoms with van der Waals surface area (Å²) in [6.07, 6.45) is 8.37. The van der Waals surface area contributed by atoms with E-state index in [-0.39, 0.29) is 23.9 Å². The molecule has 154 valence electrons. The van der Waals surface area contributed by atoms with Gasteiger partial charge in [0.25, 0.3) is 0 Å². The molecule has 0 aliphatic heterocycles. The Labute approximate surface area is 169 Å². The first kappa shape index (κ1) is 21.2. The lowest BCUT2D eigenvalue weighted by Crippen LogP contribution is -2.51. The van der Waals surface area contributed by atoms with Crippen LogP contribution in [-0.2, 0) is 9.53 Å². The summed E-state index contributed by atoms with van der Waals surface area (Å²) in [6, 6.07) is 0. The predicted molar refractivity (Wildman–Crippen MR) is 110 cm³/mol. The Morgan fingerprint density at radius 2 is 2.00 bits per heavy atom. The number of ether oxygens (including phenoxy) is 1. The highest BCUT2D eigenvalue weighted by atomic mass is 35.5. The van der Waals surface area contributed by atoms with Crippen LogP contribution in [0.15, 0.2) is 11.1 Å². The van der Waals surface area contributed by atoms with Crippen LogP contribution in [0, 0.1) is 28.6 Å². The van der Waals surface area contributed by atoms with Gasteiger partial charge >= 0.3 is 5.97 Å².